The van der Waals surface area contributed by atoms with E-state index in [9.17, 15) is 14.7 Å². The van der Waals surface area contributed by atoms with Crippen molar-refractivity contribution in [2.45, 2.75) is 24.7 Å². The quantitative estimate of drug-likeness (QED) is 0.510. The van der Waals surface area contributed by atoms with Gasteiger partial charge in [0.05, 0.1) is 12.6 Å². The van der Waals surface area contributed by atoms with Gasteiger partial charge in [0.15, 0.2) is 16.3 Å². The lowest BCUT2D eigenvalue weighted by molar-refractivity contribution is 0.220. The number of fused-ring (bicyclic) bond motifs is 2. The molecule has 0 aliphatic carbocycles. The van der Waals surface area contributed by atoms with Crippen molar-refractivity contribution in [1.29, 1.82) is 0 Å². The Labute approximate surface area is 171 Å². The first-order valence-corrected chi connectivity index (χ1v) is 10.3. The Balaban J connectivity index is 1.97. The summed E-state index contributed by atoms with van der Waals surface area (Å²) in [6, 6.07) is 14.2. The molecule has 4 rings (SSSR count). The number of rotatable bonds is 5. The van der Waals surface area contributed by atoms with Gasteiger partial charge in [0.25, 0.3) is 5.56 Å². The van der Waals surface area contributed by atoms with Crippen LogP contribution in [0.15, 0.2) is 57.2 Å². The number of thioether (sulfide) groups is 1. The van der Waals surface area contributed by atoms with E-state index < -0.39 is 11.8 Å². The van der Waals surface area contributed by atoms with Crippen LogP contribution in [0.2, 0.25) is 0 Å². The summed E-state index contributed by atoms with van der Waals surface area (Å²) in [5.41, 5.74) is 1.00. The first-order chi connectivity index (χ1) is 13.9. The fourth-order valence-electron chi connectivity index (χ4n) is 3.48. The summed E-state index contributed by atoms with van der Waals surface area (Å²) in [5, 5.41) is 12.6. The number of hydrogen-bond donors (Lipinski definition) is 1. The van der Waals surface area contributed by atoms with E-state index in [1.165, 1.54) is 23.4 Å². The van der Waals surface area contributed by atoms with Crippen molar-refractivity contribution in [3.05, 3.63) is 68.9 Å². The minimum Gasteiger partial charge on any atom is -0.393 e. The molecule has 2 heterocycles. The molecule has 1 atom stereocenters. The molecule has 0 amide bonds. The molecule has 0 unspecified atom stereocenters. The molecule has 150 valence electrons. The van der Waals surface area contributed by atoms with Gasteiger partial charge in [-0.05, 0) is 23.3 Å². The molecule has 1 N–H and O–H groups in total. The van der Waals surface area contributed by atoms with Crippen molar-refractivity contribution in [2.24, 2.45) is 14.1 Å². The Morgan fingerprint density at radius 2 is 1.79 bits per heavy atom. The van der Waals surface area contributed by atoms with Crippen LogP contribution in [-0.2, 0) is 20.6 Å². The summed E-state index contributed by atoms with van der Waals surface area (Å²) < 4.78 is 4.35. The summed E-state index contributed by atoms with van der Waals surface area (Å²) >= 11 is 1.37. The van der Waals surface area contributed by atoms with Crippen LogP contribution >= 0.6 is 11.8 Å². The van der Waals surface area contributed by atoms with Crippen molar-refractivity contribution in [2.75, 3.05) is 5.75 Å². The second-order valence-corrected chi connectivity index (χ2v) is 8.14. The molecule has 0 aliphatic rings. The second kappa shape index (κ2) is 7.53. The number of aliphatic hydroxyl groups is 1. The Morgan fingerprint density at radius 3 is 2.55 bits per heavy atom. The summed E-state index contributed by atoms with van der Waals surface area (Å²) in [6.07, 6.45) is -0.516. The molecule has 0 saturated carbocycles. The third-order valence-corrected chi connectivity index (χ3v) is 6.19. The van der Waals surface area contributed by atoms with Gasteiger partial charge in [-0.15, -0.1) is 0 Å². The smallest absolute Gasteiger partial charge is 0.332 e. The van der Waals surface area contributed by atoms with E-state index in [2.05, 4.69) is 23.2 Å². The monoisotopic (exact) mass is 410 g/mol. The summed E-state index contributed by atoms with van der Waals surface area (Å²) in [7, 11) is 3.09. The standard InChI is InChI=1S/C21H22N4O3S/c1-13(26)12-29-20-22-18-17(19(27)24(3)21(28)23(18)2)25(20)11-15-9-6-8-14-7-4-5-10-16(14)15/h4-10,13,26H,11-12H2,1-3H3/t13-/m0/s1. The van der Waals surface area contributed by atoms with Crippen LogP contribution in [0.25, 0.3) is 21.9 Å². The van der Waals surface area contributed by atoms with Crippen LogP contribution in [0.3, 0.4) is 0 Å². The van der Waals surface area contributed by atoms with Gasteiger partial charge in [0, 0.05) is 19.8 Å². The predicted molar refractivity (Wildman–Crippen MR) is 116 cm³/mol. The third-order valence-electron chi connectivity index (χ3n) is 4.97. The van der Waals surface area contributed by atoms with E-state index in [-0.39, 0.29) is 5.56 Å². The van der Waals surface area contributed by atoms with Gasteiger partial charge in [-0.1, -0.05) is 54.2 Å². The maximum Gasteiger partial charge on any atom is 0.332 e. The molecular formula is C21H22N4O3S. The van der Waals surface area contributed by atoms with Crippen LogP contribution in [-0.4, -0.2) is 35.6 Å². The Morgan fingerprint density at radius 1 is 1.07 bits per heavy atom. The molecule has 8 heteroatoms. The van der Waals surface area contributed by atoms with Crippen molar-refractivity contribution in [1.82, 2.24) is 18.7 Å². The molecule has 4 aromatic rings. The molecule has 29 heavy (non-hydrogen) atoms. The number of nitrogens with zero attached hydrogens (tertiary/aromatic N) is 4. The maximum atomic E-state index is 13.0. The summed E-state index contributed by atoms with van der Waals surface area (Å²) in [4.78, 5) is 29.9. The third kappa shape index (κ3) is 3.38. The van der Waals surface area contributed by atoms with Gasteiger partial charge >= 0.3 is 5.69 Å². The largest absolute Gasteiger partial charge is 0.393 e. The zero-order valence-electron chi connectivity index (χ0n) is 16.5. The second-order valence-electron chi connectivity index (χ2n) is 7.16. The van der Waals surface area contributed by atoms with Gasteiger partial charge in [0.2, 0.25) is 0 Å². The number of hydrogen-bond acceptors (Lipinski definition) is 5. The lowest BCUT2D eigenvalue weighted by Crippen LogP contribution is -2.37. The van der Waals surface area contributed by atoms with E-state index in [0.29, 0.717) is 28.6 Å². The normalized spacial score (nSPS) is 12.7. The van der Waals surface area contributed by atoms with Crippen molar-refractivity contribution >= 4 is 33.7 Å². The van der Waals surface area contributed by atoms with Gasteiger partial charge in [-0.3, -0.25) is 13.9 Å². The van der Waals surface area contributed by atoms with E-state index in [1.54, 1.807) is 14.0 Å². The van der Waals surface area contributed by atoms with Crippen molar-refractivity contribution in [3.63, 3.8) is 0 Å². The van der Waals surface area contributed by atoms with Crippen molar-refractivity contribution in [3.8, 4) is 0 Å². The first kappa shape index (κ1) is 19.5. The fraction of sp³-hybridized carbons (Fsp3) is 0.286. The molecule has 0 aliphatic heterocycles. The minimum atomic E-state index is -0.516. The molecule has 0 fully saturated rings. The molecule has 7 nitrogen and oxygen atoms in total. The molecule has 0 saturated heterocycles. The highest BCUT2D eigenvalue weighted by Gasteiger charge is 2.20. The number of imidazole rings is 1. The van der Waals surface area contributed by atoms with Crippen LogP contribution < -0.4 is 11.2 Å². The average molecular weight is 410 g/mol. The van der Waals surface area contributed by atoms with Gasteiger partial charge < -0.3 is 9.67 Å². The van der Waals surface area contributed by atoms with Crippen LogP contribution in [0.5, 0.6) is 0 Å². The average Bonchev–Trinajstić information content (AvgIpc) is 3.08. The number of aliphatic hydroxyl groups excluding tert-OH is 1. The molecule has 2 aromatic heterocycles. The number of benzene rings is 2. The molecule has 2 aromatic carbocycles. The maximum absolute atomic E-state index is 13.0. The Hall–Kier alpha value is -2.84. The van der Waals surface area contributed by atoms with Gasteiger partial charge in [-0.25, -0.2) is 9.78 Å². The first-order valence-electron chi connectivity index (χ1n) is 9.32. The highest BCUT2D eigenvalue weighted by molar-refractivity contribution is 7.99. The zero-order valence-corrected chi connectivity index (χ0v) is 17.3. The number of aromatic nitrogens is 4. The lowest BCUT2D eigenvalue weighted by atomic mass is 10.0. The number of aryl methyl sites for hydroxylation is 1. The SMILES string of the molecule is C[C@H](O)CSc1nc2c(c(=O)n(C)c(=O)n2C)n1Cc1cccc2ccccc12. The van der Waals surface area contributed by atoms with Crippen LogP contribution in [0, 0.1) is 0 Å². The topological polar surface area (TPSA) is 82.1 Å². The highest BCUT2D eigenvalue weighted by Crippen LogP contribution is 2.26. The summed E-state index contributed by atoms with van der Waals surface area (Å²) in [6.45, 7) is 2.15. The van der Waals surface area contributed by atoms with E-state index in [4.69, 9.17) is 0 Å². The van der Waals surface area contributed by atoms with E-state index in [0.717, 1.165) is 20.9 Å². The Bertz CT molecular complexity index is 1330. The van der Waals surface area contributed by atoms with Gasteiger partial charge in [0.1, 0.15) is 0 Å². The minimum absolute atomic E-state index is 0.353. The van der Waals surface area contributed by atoms with E-state index in [1.807, 2.05) is 28.8 Å². The van der Waals surface area contributed by atoms with Crippen molar-refractivity contribution < 1.29 is 5.11 Å². The molecule has 0 bridgehead atoms. The molecule has 0 radical (unpaired) electrons. The predicted octanol–water partition coefficient (Wildman–Crippen LogP) is 2.11. The van der Waals surface area contributed by atoms with E-state index >= 15 is 0 Å². The Kier molecular flexibility index (Phi) is 5.06. The van der Waals surface area contributed by atoms with Gasteiger partial charge in [-0.2, -0.15) is 0 Å². The molecule has 0 spiro atoms. The van der Waals surface area contributed by atoms with Crippen LogP contribution in [0.1, 0.15) is 12.5 Å². The van der Waals surface area contributed by atoms with Crippen LogP contribution in [0.4, 0.5) is 0 Å². The zero-order chi connectivity index (χ0) is 20.7. The fourth-order valence-corrected chi connectivity index (χ4v) is 4.33. The summed E-state index contributed by atoms with van der Waals surface area (Å²) in [5.74, 6) is 0.438. The highest BCUT2D eigenvalue weighted by atomic mass is 32.2. The molecular weight excluding hydrogens is 388 g/mol. The lowest BCUT2D eigenvalue weighted by Gasteiger charge is -2.12.